The maximum Gasteiger partial charge on any atom is 0.308 e. The van der Waals surface area contributed by atoms with Gasteiger partial charge in [-0.1, -0.05) is 41.5 Å². The van der Waals surface area contributed by atoms with Crippen LogP contribution < -0.4 is 0 Å². The van der Waals surface area contributed by atoms with E-state index in [0.717, 1.165) is 38.5 Å². The number of esters is 2. The van der Waals surface area contributed by atoms with Crippen LogP contribution in [0, 0.1) is 23.7 Å². The highest BCUT2D eigenvalue weighted by Crippen LogP contribution is 2.58. The summed E-state index contributed by atoms with van der Waals surface area (Å²) in [4.78, 5) is 23.1. The predicted octanol–water partition coefficient (Wildman–Crippen LogP) is 5.03. The van der Waals surface area contributed by atoms with Crippen molar-refractivity contribution in [2.45, 2.75) is 117 Å². The molecule has 0 amide bonds. The van der Waals surface area contributed by atoms with Gasteiger partial charge < -0.3 is 14.6 Å². The first-order chi connectivity index (χ1) is 13.3. The van der Waals surface area contributed by atoms with Crippen LogP contribution in [-0.4, -0.2) is 33.8 Å². The molecule has 0 aromatic heterocycles. The summed E-state index contributed by atoms with van der Waals surface area (Å²) in [5, 5.41) is 10.5. The van der Waals surface area contributed by atoms with Crippen molar-refractivity contribution in [3.63, 3.8) is 0 Å². The fourth-order valence-electron chi connectivity index (χ4n) is 5.34. The summed E-state index contributed by atoms with van der Waals surface area (Å²) in [7, 11) is 0. The van der Waals surface area contributed by atoms with E-state index in [1.807, 2.05) is 48.5 Å². The van der Waals surface area contributed by atoms with Crippen molar-refractivity contribution >= 4 is 11.9 Å². The van der Waals surface area contributed by atoms with Crippen molar-refractivity contribution in [3.05, 3.63) is 0 Å². The first kappa shape index (κ1) is 24.2. The highest BCUT2D eigenvalue weighted by Gasteiger charge is 2.59. The van der Waals surface area contributed by atoms with Gasteiger partial charge in [0.15, 0.2) is 0 Å². The van der Waals surface area contributed by atoms with E-state index in [1.54, 1.807) is 0 Å². The fraction of sp³-hybridized carbons (Fsp3) is 0.917. The standard InChI is InChI=1S/C14H22O3.C10H20O2/c1-9(2)12(15)17-14-6-10-3-11(7-14)5-13(16,4-10)8-14;1-6-10(5,7-2)12-9(11)8(3)4/h9-11,16H,3-8H2,1-2H3;8H,6-7H2,1-5H3. The quantitative estimate of drug-likeness (QED) is 0.622. The van der Waals surface area contributed by atoms with Gasteiger partial charge in [0.05, 0.1) is 17.4 Å². The Hall–Kier alpha value is -1.10. The second kappa shape index (κ2) is 8.95. The molecule has 2 atom stereocenters. The third-order valence-corrected chi connectivity index (χ3v) is 7.08. The third-order valence-electron chi connectivity index (χ3n) is 7.08. The normalized spacial score (nSPS) is 32.8. The lowest BCUT2D eigenvalue weighted by atomic mass is 9.52. The van der Waals surface area contributed by atoms with Crippen molar-refractivity contribution in [1.82, 2.24) is 0 Å². The molecule has 0 heterocycles. The van der Waals surface area contributed by atoms with Gasteiger partial charge in [0.25, 0.3) is 0 Å². The Morgan fingerprint density at radius 2 is 1.45 bits per heavy atom. The zero-order valence-corrected chi connectivity index (χ0v) is 19.5. The first-order valence-corrected chi connectivity index (χ1v) is 11.5. The fourth-order valence-corrected chi connectivity index (χ4v) is 5.34. The molecule has 0 aliphatic heterocycles. The number of rotatable bonds is 6. The van der Waals surface area contributed by atoms with Crippen LogP contribution in [0.1, 0.15) is 99.8 Å². The molecule has 4 bridgehead atoms. The van der Waals surface area contributed by atoms with Gasteiger partial charge in [-0.3, -0.25) is 9.59 Å². The minimum Gasteiger partial charge on any atom is -0.459 e. The van der Waals surface area contributed by atoms with E-state index in [-0.39, 0.29) is 35.0 Å². The van der Waals surface area contributed by atoms with Gasteiger partial charge in [-0.25, -0.2) is 0 Å². The summed E-state index contributed by atoms with van der Waals surface area (Å²) < 4.78 is 11.1. The molecule has 5 heteroatoms. The molecule has 1 N–H and O–H groups in total. The highest BCUT2D eigenvalue weighted by molar-refractivity contribution is 5.72. The van der Waals surface area contributed by atoms with E-state index in [9.17, 15) is 14.7 Å². The minimum absolute atomic E-state index is 0.0255. The van der Waals surface area contributed by atoms with Crippen LogP contribution in [0.15, 0.2) is 0 Å². The van der Waals surface area contributed by atoms with E-state index in [0.29, 0.717) is 18.3 Å². The van der Waals surface area contributed by atoms with Gasteiger partial charge in [-0.2, -0.15) is 0 Å². The van der Waals surface area contributed by atoms with Crippen molar-refractivity contribution in [2.75, 3.05) is 0 Å². The topological polar surface area (TPSA) is 72.8 Å². The number of aliphatic hydroxyl groups is 1. The Morgan fingerprint density at radius 1 is 0.966 bits per heavy atom. The van der Waals surface area contributed by atoms with Crippen LogP contribution >= 0.6 is 0 Å². The van der Waals surface area contributed by atoms with Gasteiger partial charge in [0.2, 0.25) is 0 Å². The van der Waals surface area contributed by atoms with Gasteiger partial charge in [-0.15, -0.1) is 0 Å². The van der Waals surface area contributed by atoms with E-state index >= 15 is 0 Å². The average Bonchev–Trinajstić information content (AvgIpc) is 2.59. The van der Waals surface area contributed by atoms with E-state index in [2.05, 4.69) is 0 Å². The number of carbonyl (C=O) groups excluding carboxylic acids is 2. The first-order valence-electron chi connectivity index (χ1n) is 11.5. The van der Waals surface area contributed by atoms with Gasteiger partial charge >= 0.3 is 11.9 Å². The molecular formula is C24H42O5. The smallest absolute Gasteiger partial charge is 0.308 e. The van der Waals surface area contributed by atoms with Crippen molar-refractivity contribution in [3.8, 4) is 0 Å². The van der Waals surface area contributed by atoms with E-state index in [1.165, 1.54) is 6.42 Å². The summed E-state index contributed by atoms with van der Waals surface area (Å²) in [6, 6.07) is 0. The van der Waals surface area contributed by atoms with Crippen LogP contribution in [-0.2, 0) is 19.1 Å². The Morgan fingerprint density at radius 3 is 1.83 bits per heavy atom. The minimum atomic E-state index is -0.540. The predicted molar refractivity (Wildman–Crippen MR) is 113 cm³/mol. The molecule has 4 aliphatic rings. The van der Waals surface area contributed by atoms with Crippen LogP contribution in [0.5, 0.6) is 0 Å². The van der Waals surface area contributed by atoms with Gasteiger partial charge in [0, 0.05) is 6.42 Å². The zero-order chi connectivity index (χ0) is 22.0. The largest absolute Gasteiger partial charge is 0.459 e. The highest BCUT2D eigenvalue weighted by atomic mass is 16.6. The lowest BCUT2D eigenvalue weighted by molar-refractivity contribution is -0.221. The van der Waals surface area contributed by atoms with Gasteiger partial charge in [0.1, 0.15) is 11.2 Å². The summed E-state index contributed by atoms with van der Waals surface area (Å²) in [6.07, 6.45) is 7.45. The summed E-state index contributed by atoms with van der Waals surface area (Å²) in [5.41, 5.74) is -1.14. The lowest BCUT2D eigenvalue weighted by Gasteiger charge is -2.59. The summed E-state index contributed by atoms with van der Waals surface area (Å²) in [5.74, 6) is 0.847. The third kappa shape index (κ3) is 5.96. The molecule has 168 valence electrons. The maximum atomic E-state index is 11.8. The zero-order valence-electron chi connectivity index (χ0n) is 19.5. The van der Waals surface area contributed by atoms with Crippen LogP contribution in [0.4, 0.5) is 0 Å². The van der Waals surface area contributed by atoms with Crippen molar-refractivity contribution < 1.29 is 24.2 Å². The second-order valence-electron chi connectivity index (χ2n) is 10.7. The van der Waals surface area contributed by atoms with Crippen LogP contribution in [0.3, 0.4) is 0 Å². The molecular weight excluding hydrogens is 368 g/mol. The Kier molecular flexibility index (Phi) is 7.46. The molecule has 4 fully saturated rings. The molecule has 0 radical (unpaired) electrons. The monoisotopic (exact) mass is 410 g/mol. The second-order valence-corrected chi connectivity index (χ2v) is 10.7. The Balaban J connectivity index is 0.000000223. The molecule has 29 heavy (non-hydrogen) atoms. The van der Waals surface area contributed by atoms with Crippen molar-refractivity contribution in [2.24, 2.45) is 23.7 Å². The molecule has 4 aliphatic carbocycles. The van der Waals surface area contributed by atoms with E-state index < -0.39 is 5.60 Å². The molecule has 5 nitrogen and oxygen atoms in total. The molecule has 4 rings (SSSR count). The molecule has 4 saturated carbocycles. The number of ether oxygens (including phenoxy) is 2. The number of hydrogen-bond donors (Lipinski definition) is 1. The number of carbonyl (C=O) groups is 2. The van der Waals surface area contributed by atoms with E-state index in [4.69, 9.17) is 9.47 Å². The number of hydrogen-bond acceptors (Lipinski definition) is 5. The molecule has 0 aromatic carbocycles. The summed E-state index contributed by atoms with van der Waals surface area (Å²) >= 11 is 0. The maximum absolute atomic E-state index is 11.8. The summed E-state index contributed by atoms with van der Waals surface area (Å²) in [6.45, 7) is 13.5. The molecule has 0 saturated heterocycles. The average molecular weight is 411 g/mol. The Labute approximate surface area is 176 Å². The SMILES string of the molecule is CC(C)C(=O)OC12CC3CC(CC(O)(C3)C1)C2.CCC(C)(CC)OC(=O)C(C)C. The lowest BCUT2D eigenvalue weighted by Crippen LogP contribution is -2.60. The molecule has 0 aromatic rings. The van der Waals surface area contributed by atoms with Crippen molar-refractivity contribution in [1.29, 1.82) is 0 Å². The molecule has 2 unspecified atom stereocenters. The van der Waals surface area contributed by atoms with Gasteiger partial charge in [-0.05, 0) is 63.7 Å². The molecule has 0 spiro atoms. The Bertz CT molecular complexity index is 576. The van der Waals surface area contributed by atoms with Crippen LogP contribution in [0.2, 0.25) is 0 Å². The van der Waals surface area contributed by atoms with Crippen LogP contribution in [0.25, 0.3) is 0 Å².